The Kier molecular flexibility index (Phi) is 8.83. The van der Waals surface area contributed by atoms with Crippen LogP contribution in [0, 0.1) is 0 Å². The SMILES string of the molecule is O=C(NCCCN1CCCCC1)c1cccc([C@@H]2CCCN(C(=O)Nc3ccc(Cl)cc3)C2)c1. The number of anilines is 1. The number of amides is 3. The molecule has 1 atom stereocenters. The van der Waals surface area contributed by atoms with Crippen LogP contribution >= 0.6 is 11.6 Å². The molecule has 7 heteroatoms. The van der Waals surface area contributed by atoms with Gasteiger partial charge in [0.15, 0.2) is 0 Å². The Hall–Kier alpha value is -2.57. The standard InChI is InChI=1S/C27H35ClN4O2/c28-24-10-12-25(13-11-24)30-27(34)32-18-5-9-23(20-32)21-7-4-8-22(19-21)26(33)29-14-6-17-31-15-2-1-3-16-31/h4,7-8,10-13,19,23H,1-3,5-6,9,14-18,20H2,(H,29,33)(H,30,34)/t23-/m1/s1. The normalized spacial score (nSPS) is 19.0. The highest BCUT2D eigenvalue weighted by Crippen LogP contribution is 2.28. The van der Waals surface area contributed by atoms with Crippen LogP contribution in [0.25, 0.3) is 0 Å². The van der Waals surface area contributed by atoms with Gasteiger partial charge in [-0.3, -0.25) is 4.79 Å². The van der Waals surface area contributed by atoms with Gasteiger partial charge in [-0.2, -0.15) is 0 Å². The molecule has 2 heterocycles. The number of likely N-dealkylation sites (tertiary alicyclic amines) is 2. The van der Waals surface area contributed by atoms with Gasteiger partial charge in [-0.25, -0.2) is 4.79 Å². The highest BCUT2D eigenvalue weighted by atomic mass is 35.5. The van der Waals surface area contributed by atoms with Gasteiger partial charge < -0.3 is 20.4 Å². The number of hydrogen-bond acceptors (Lipinski definition) is 3. The predicted molar refractivity (Wildman–Crippen MR) is 138 cm³/mol. The van der Waals surface area contributed by atoms with Crippen molar-refractivity contribution < 1.29 is 9.59 Å². The second-order valence-corrected chi connectivity index (χ2v) is 9.80. The van der Waals surface area contributed by atoms with Crippen molar-refractivity contribution in [3.05, 3.63) is 64.7 Å². The summed E-state index contributed by atoms with van der Waals surface area (Å²) in [7, 11) is 0. The van der Waals surface area contributed by atoms with Crippen LogP contribution < -0.4 is 10.6 Å². The molecule has 2 fully saturated rings. The van der Waals surface area contributed by atoms with Crippen LogP contribution in [-0.4, -0.2) is 61.0 Å². The van der Waals surface area contributed by atoms with Crippen molar-refractivity contribution in [3.63, 3.8) is 0 Å². The number of nitrogens with one attached hydrogen (secondary N) is 2. The molecule has 0 unspecified atom stereocenters. The number of halogens is 1. The smallest absolute Gasteiger partial charge is 0.321 e. The molecular formula is C27H35ClN4O2. The van der Waals surface area contributed by atoms with E-state index in [0.717, 1.165) is 43.6 Å². The summed E-state index contributed by atoms with van der Waals surface area (Å²) in [5.74, 6) is 0.199. The summed E-state index contributed by atoms with van der Waals surface area (Å²) in [6.07, 6.45) is 6.85. The highest BCUT2D eigenvalue weighted by Gasteiger charge is 2.25. The zero-order valence-electron chi connectivity index (χ0n) is 19.8. The molecular weight excluding hydrogens is 448 g/mol. The fourth-order valence-corrected chi connectivity index (χ4v) is 5.02. The number of piperidine rings is 2. The minimum Gasteiger partial charge on any atom is -0.352 e. The van der Waals surface area contributed by atoms with Crippen molar-refractivity contribution in [1.29, 1.82) is 0 Å². The van der Waals surface area contributed by atoms with Gasteiger partial charge in [0.1, 0.15) is 0 Å². The summed E-state index contributed by atoms with van der Waals surface area (Å²) in [6.45, 7) is 5.49. The summed E-state index contributed by atoms with van der Waals surface area (Å²) >= 11 is 5.93. The van der Waals surface area contributed by atoms with E-state index < -0.39 is 0 Å². The van der Waals surface area contributed by atoms with Gasteiger partial charge in [0.2, 0.25) is 0 Å². The molecule has 0 spiro atoms. The number of carbonyl (C=O) groups excluding carboxylic acids is 2. The molecule has 0 aromatic heterocycles. The van der Waals surface area contributed by atoms with Crippen molar-refractivity contribution >= 4 is 29.2 Å². The van der Waals surface area contributed by atoms with E-state index in [1.54, 1.807) is 24.3 Å². The van der Waals surface area contributed by atoms with E-state index in [4.69, 9.17) is 11.6 Å². The summed E-state index contributed by atoms with van der Waals surface area (Å²) < 4.78 is 0. The van der Waals surface area contributed by atoms with Crippen molar-refractivity contribution in [3.8, 4) is 0 Å². The van der Waals surface area contributed by atoms with E-state index in [1.807, 2.05) is 23.1 Å². The Labute approximate surface area is 207 Å². The van der Waals surface area contributed by atoms with Gasteiger partial charge >= 0.3 is 6.03 Å². The lowest BCUT2D eigenvalue weighted by Crippen LogP contribution is -2.41. The number of carbonyl (C=O) groups is 2. The molecule has 34 heavy (non-hydrogen) atoms. The first kappa shape index (κ1) is 24.6. The molecule has 2 aromatic carbocycles. The van der Waals surface area contributed by atoms with Crippen molar-refractivity contribution in [2.24, 2.45) is 0 Å². The molecule has 2 saturated heterocycles. The number of nitrogens with zero attached hydrogens (tertiary/aromatic N) is 2. The zero-order valence-corrected chi connectivity index (χ0v) is 20.5. The monoisotopic (exact) mass is 482 g/mol. The van der Waals surface area contributed by atoms with Gasteiger partial charge in [0, 0.05) is 41.8 Å². The summed E-state index contributed by atoms with van der Waals surface area (Å²) in [5.41, 5.74) is 2.54. The third-order valence-corrected chi connectivity index (χ3v) is 7.06. The van der Waals surface area contributed by atoms with Gasteiger partial charge in [-0.1, -0.05) is 30.2 Å². The molecule has 0 radical (unpaired) electrons. The average molecular weight is 483 g/mol. The molecule has 2 aliphatic rings. The maximum Gasteiger partial charge on any atom is 0.321 e. The van der Waals surface area contributed by atoms with Crippen LogP contribution in [0.4, 0.5) is 10.5 Å². The molecule has 3 amide bonds. The lowest BCUT2D eigenvalue weighted by atomic mass is 9.89. The number of rotatable bonds is 7. The Morgan fingerprint density at radius 2 is 1.76 bits per heavy atom. The van der Waals surface area contributed by atoms with Crippen LogP contribution in [0.2, 0.25) is 5.02 Å². The van der Waals surface area contributed by atoms with Crippen LogP contribution in [0.15, 0.2) is 48.5 Å². The fourth-order valence-electron chi connectivity index (χ4n) is 4.89. The van der Waals surface area contributed by atoms with Crippen LogP contribution in [-0.2, 0) is 0 Å². The Balaban J connectivity index is 1.28. The van der Waals surface area contributed by atoms with Crippen LogP contribution in [0.5, 0.6) is 0 Å². The maximum atomic E-state index is 12.8. The van der Waals surface area contributed by atoms with Gasteiger partial charge in [-0.15, -0.1) is 0 Å². The quantitative estimate of drug-likeness (QED) is 0.522. The van der Waals surface area contributed by atoms with E-state index in [1.165, 1.54) is 32.4 Å². The molecule has 2 aromatic rings. The molecule has 0 aliphatic carbocycles. The molecule has 182 valence electrons. The van der Waals surface area contributed by atoms with E-state index in [2.05, 4.69) is 21.6 Å². The second kappa shape index (κ2) is 12.2. The number of hydrogen-bond donors (Lipinski definition) is 2. The van der Waals surface area contributed by atoms with Crippen LogP contribution in [0.3, 0.4) is 0 Å². The van der Waals surface area contributed by atoms with Gasteiger partial charge in [0.25, 0.3) is 5.91 Å². The Morgan fingerprint density at radius 1 is 0.971 bits per heavy atom. The largest absolute Gasteiger partial charge is 0.352 e. The summed E-state index contributed by atoms with van der Waals surface area (Å²) in [5, 5.41) is 6.67. The maximum absolute atomic E-state index is 12.8. The van der Waals surface area contributed by atoms with E-state index in [-0.39, 0.29) is 17.9 Å². The minimum absolute atomic E-state index is 0.0198. The van der Waals surface area contributed by atoms with E-state index >= 15 is 0 Å². The third kappa shape index (κ3) is 6.97. The zero-order chi connectivity index (χ0) is 23.8. The number of urea groups is 1. The van der Waals surface area contributed by atoms with E-state index in [9.17, 15) is 9.59 Å². The third-order valence-electron chi connectivity index (χ3n) is 6.81. The summed E-state index contributed by atoms with van der Waals surface area (Å²) in [4.78, 5) is 29.9. The Morgan fingerprint density at radius 3 is 2.56 bits per heavy atom. The lowest BCUT2D eigenvalue weighted by Gasteiger charge is -2.33. The first-order valence-electron chi connectivity index (χ1n) is 12.5. The number of benzene rings is 2. The molecule has 0 bridgehead atoms. The fraction of sp³-hybridized carbons (Fsp3) is 0.481. The second-order valence-electron chi connectivity index (χ2n) is 9.36. The highest BCUT2D eigenvalue weighted by molar-refractivity contribution is 6.30. The molecule has 6 nitrogen and oxygen atoms in total. The lowest BCUT2D eigenvalue weighted by molar-refractivity contribution is 0.0951. The summed E-state index contributed by atoms with van der Waals surface area (Å²) in [6, 6.07) is 14.9. The topological polar surface area (TPSA) is 64.7 Å². The van der Waals surface area contributed by atoms with Gasteiger partial charge in [-0.05, 0) is 93.7 Å². The van der Waals surface area contributed by atoms with E-state index in [0.29, 0.717) is 23.7 Å². The van der Waals surface area contributed by atoms with Crippen molar-refractivity contribution in [2.75, 3.05) is 44.6 Å². The minimum atomic E-state index is -0.102. The van der Waals surface area contributed by atoms with Crippen molar-refractivity contribution in [2.45, 2.75) is 44.4 Å². The first-order valence-corrected chi connectivity index (χ1v) is 12.9. The average Bonchev–Trinajstić information content (AvgIpc) is 2.88. The molecule has 4 rings (SSSR count). The first-order chi connectivity index (χ1) is 16.6. The molecule has 2 aliphatic heterocycles. The molecule has 0 saturated carbocycles. The predicted octanol–water partition coefficient (Wildman–Crippen LogP) is 5.36. The van der Waals surface area contributed by atoms with Crippen LogP contribution in [0.1, 0.15) is 60.4 Å². The van der Waals surface area contributed by atoms with Gasteiger partial charge in [0.05, 0.1) is 0 Å². The molecule has 2 N–H and O–H groups in total. The Bertz CT molecular complexity index is 959. The van der Waals surface area contributed by atoms with Crippen molar-refractivity contribution in [1.82, 2.24) is 15.1 Å².